The second-order valence-electron chi connectivity index (χ2n) is 10.3. The Kier molecular flexibility index (Phi) is 7.51. The number of hydrogen-bond acceptors (Lipinski definition) is 5. The van der Waals surface area contributed by atoms with Crippen LogP contribution in [0.5, 0.6) is 11.5 Å². The molecule has 6 nitrogen and oxygen atoms in total. The average Bonchev–Trinajstić information content (AvgIpc) is 3.48. The topological polar surface area (TPSA) is 65.8 Å². The van der Waals surface area contributed by atoms with Crippen molar-refractivity contribution in [2.75, 3.05) is 20.3 Å². The van der Waals surface area contributed by atoms with E-state index in [1.165, 1.54) is 12.1 Å². The summed E-state index contributed by atoms with van der Waals surface area (Å²) in [5.41, 5.74) is 4.18. The van der Waals surface area contributed by atoms with Crippen LogP contribution in [0.2, 0.25) is 0 Å². The maximum Gasteiger partial charge on any atom is 0.183 e. The highest BCUT2D eigenvalue weighted by atomic mass is 19.1. The normalized spacial score (nSPS) is 22.6. The molecule has 5 rings (SSSR count). The van der Waals surface area contributed by atoms with Gasteiger partial charge in [0.2, 0.25) is 0 Å². The summed E-state index contributed by atoms with van der Waals surface area (Å²) in [7, 11) is 1.66. The van der Waals surface area contributed by atoms with Crippen LogP contribution >= 0.6 is 0 Å². The highest BCUT2D eigenvalue weighted by Gasteiger charge is 2.47. The Hall–Kier alpha value is -3.32. The van der Waals surface area contributed by atoms with Crippen LogP contribution in [0.4, 0.5) is 4.39 Å². The van der Waals surface area contributed by atoms with Crippen LogP contribution in [0.15, 0.2) is 48.8 Å². The molecule has 1 saturated carbocycles. The first kappa shape index (κ1) is 25.3. The van der Waals surface area contributed by atoms with Crippen LogP contribution in [-0.4, -0.2) is 42.1 Å². The van der Waals surface area contributed by atoms with E-state index in [0.717, 1.165) is 66.2 Å². The zero-order valence-electron chi connectivity index (χ0n) is 21.8. The van der Waals surface area contributed by atoms with Crippen molar-refractivity contribution in [3.63, 3.8) is 0 Å². The van der Waals surface area contributed by atoms with Gasteiger partial charge in [-0.25, -0.2) is 9.37 Å². The van der Waals surface area contributed by atoms with Crippen LogP contribution in [0, 0.1) is 24.6 Å². The number of ether oxygens (including phenoxy) is 2. The van der Waals surface area contributed by atoms with Crippen molar-refractivity contribution in [2.24, 2.45) is 11.8 Å². The van der Waals surface area contributed by atoms with Crippen LogP contribution in [-0.2, 0) is 6.54 Å². The third-order valence-corrected chi connectivity index (χ3v) is 8.02. The Morgan fingerprint density at radius 3 is 2.57 bits per heavy atom. The number of rotatable bonds is 9. The maximum atomic E-state index is 13.5. The first-order chi connectivity index (χ1) is 18.0. The smallest absolute Gasteiger partial charge is 0.183 e. The molecule has 7 heteroatoms. The summed E-state index contributed by atoms with van der Waals surface area (Å²) in [6.45, 7) is 6.35. The first-order valence-corrected chi connectivity index (χ1v) is 13.2. The zero-order chi connectivity index (χ0) is 25.9. The van der Waals surface area contributed by atoms with E-state index in [1.54, 1.807) is 36.5 Å². The SMILES string of the molecule is CCOc1cc(C[NH+]2CC[C@H]3C(CC(=O)c4cnc(C)cn4)CC[C@H]32)cc(OC)c1-c1ccc(F)cc1. The zero-order valence-corrected chi connectivity index (χ0v) is 21.8. The average molecular weight is 505 g/mol. The molecule has 1 aliphatic carbocycles. The molecule has 2 heterocycles. The summed E-state index contributed by atoms with van der Waals surface area (Å²) in [6.07, 6.45) is 7.19. The minimum atomic E-state index is -0.271. The van der Waals surface area contributed by atoms with E-state index in [0.29, 0.717) is 36.6 Å². The lowest BCUT2D eigenvalue weighted by molar-refractivity contribution is -0.927. The van der Waals surface area contributed by atoms with Gasteiger partial charge in [0.15, 0.2) is 5.78 Å². The minimum absolute atomic E-state index is 0.106. The standard InChI is InChI=1S/C30H34FN3O3/c1-4-37-29-14-20(13-28(36-3)30(29)21-5-8-23(31)9-6-21)18-34-12-11-24-22(7-10-26(24)34)15-27(35)25-17-32-19(2)16-33-25/h5-6,8-9,13-14,16-17,22,24,26H,4,7,10-12,15,18H2,1-3H3/p+1/t22?,24-,26+/m0/s1. The number of hydrogen-bond donors (Lipinski definition) is 1. The van der Waals surface area contributed by atoms with Gasteiger partial charge in [-0.2, -0.15) is 0 Å². The molecule has 2 aliphatic rings. The van der Waals surface area contributed by atoms with E-state index in [2.05, 4.69) is 22.1 Å². The van der Waals surface area contributed by atoms with Gasteiger partial charge in [0, 0.05) is 30.5 Å². The molecule has 2 aromatic carbocycles. The Morgan fingerprint density at radius 2 is 1.86 bits per heavy atom. The molecule has 2 fully saturated rings. The van der Waals surface area contributed by atoms with E-state index in [4.69, 9.17) is 9.47 Å². The number of aryl methyl sites for hydroxylation is 1. The van der Waals surface area contributed by atoms with Crippen LogP contribution in [0.1, 0.15) is 54.4 Å². The van der Waals surface area contributed by atoms with Gasteiger partial charge in [0.25, 0.3) is 0 Å². The third kappa shape index (κ3) is 5.37. The minimum Gasteiger partial charge on any atom is -0.496 e. The summed E-state index contributed by atoms with van der Waals surface area (Å²) in [5.74, 6) is 2.29. The van der Waals surface area contributed by atoms with E-state index >= 15 is 0 Å². The number of nitrogens with zero attached hydrogens (tertiary/aromatic N) is 2. The maximum absolute atomic E-state index is 13.5. The molecule has 0 bridgehead atoms. The van der Waals surface area contributed by atoms with Crippen molar-refractivity contribution in [1.29, 1.82) is 0 Å². The number of carbonyl (C=O) groups is 1. The predicted molar refractivity (Wildman–Crippen MR) is 139 cm³/mol. The lowest BCUT2D eigenvalue weighted by atomic mass is 9.88. The van der Waals surface area contributed by atoms with Gasteiger partial charge in [-0.3, -0.25) is 9.78 Å². The van der Waals surface area contributed by atoms with Gasteiger partial charge in [0.05, 0.1) is 43.8 Å². The van der Waals surface area contributed by atoms with Crippen molar-refractivity contribution in [3.05, 3.63) is 71.6 Å². The fourth-order valence-corrected chi connectivity index (χ4v) is 6.32. The molecule has 2 unspecified atom stereocenters. The fourth-order valence-electron chi connectivity index (χ4n) is 6.32. The molecule has 4 atom stereocenters. The van der Waals surface area contributed by atoms with Gasteiger partial charge < -0.3 is 14.4 Å². The number of nitrogens with one attached hydrogen (secondary N) is 1. The quantitative estimate of drug-likeness (QED) is 0.436. The van der Waals surface area contributed by atoms with Gasteiger partial charge >= 0.3 is 0 Å². The highest BCUT2D eigenvalue weighted by Crippen LogP contribution is 2.41. The molecule has 37 heavy (non-hydrogen) atoms. The van der Waals surface area contributed by atoms with Crippen molar-refractivity contribution in [3.8, 4) is 22.6 Å². The third-order valence-electron chi connectivity index (χ3n) is 8.02. The molecule has 1 aliphatic heterocycles. The van der Waals surface area contributed by atoms with Crippen molar-refractivity contribution in [1.82, 2.24) is 9.97 Å². The Bertz CT molecular complexity index is 1250. The number of halogens is 1. The number of fused-ring (bicyclic) bond motifs is 1. The summed E-state index contributed by atoms with van der Waals surface area (Å²) >= 11 is 0. The van der Waals surface area contributed by atoms with E-state index in [9.17, 15) is 9.18 Å². The van der Waals surface area contributed by atoms with E-state index in [-0.39, 0.29) is 11.6 Å². The lowest BCUT2D eigenvalue weighted by Gasteiger charge is -2.23. The van der Waals surface area contributed by atoms with Crippen LogP contribution < -0.4 is 14.4 Å². The van der Waals surface area contributed by atoms with Crippen molar-refractivity contribution in [2.45, 2.75) is 52.1 Å². The molecule has 194 valence electrons. The Morgan fingerprint density at radius 1 is 1.08 bits per heavy atom. The Labute approximate surface area is 217 Å². The summed E-state index contributed by atoms with van der Waals surface area (Å²) < 4.78 is 25.4. The van der Waals surface area contributed by atoms with Gasteiger partial charge in [-0.15, -0.1) is 0 Å². The lowest BCUT2D eigenvalue weighted by Crippen LogP contribution is -3.12. The number of methoxy groups -OCH3 is 1. The molecule has 0 spiro atoms. The second kappa shape index (κ2) is 11.0. The van der Waals surface area contributed by atoms with Crippen molar-refractivity contribution < 1.29 is 23.6 Å². The van der Waals surface area contributed by atoms with Crippen LogP contribution in [0.25, 0.3) is 11.1 Å². The largest absolute Gasteiger partial charge is 0.496 e. The van der Waals surface area contributed by atoms with Gasteiger partial charge in [-0.1, -0.05) is 12.1 Å². The predicted octanol–water partition coefficient (Wildman–Crippen LogP) is 4.45. The number of aromatic nitrogens is 2. The van der Waals surface area contributed by atoms with Gasteiger partial charge in [-0.05, 0) is 62.4 Å². The van der Waals surface area contributed by atoms with Crippen molar-refractivity contribution >= 4 is 5.78 Å². The second-order valence-corrected chi connectivity index (χ2v) is 10.3. The summed E-state index contributed by atoms with van der Waals surface area (Å²) in [6, 6.07) is 11.2. The molecule has 1 saturated heterocycles. The Balaban J connectivity index is 1.31. The summed E-state index contributed by atoms with van der Waals surface area (Å²) in [5, 5.41) is 0. The molecule has 0 radical (unpaired) electrons. The molecular weight excluding hydrogens is 469 g/mol. The molecular formula is C30H35FN3O3+. The highest BCUT2D eigenvalue weighted by molar-refractivity contribution is 5.94. The molecule has 0 amide bonds. The summed E-state index contributed by atoms with van der Waals surface area (Å²) in [4.78, 5) is 22.9. The van der Waals surface area contributed by atoms with Gasteiger partial charge in [0.1, 0.15) is 29.6 Å². The van der Waals surface area contributed by atoms with E-state index in [1.807, 2.05) is 13.8 Å². The number of likely N-dealkylation sites (tertiary alicyclic amines) is 1. The van der Waals surface area contributed by atoms with E-state index < -0.39 is 0 Å². The first-order valence-electron chi connectivity index (χ1n) is 13.2. The van der Waals surface area contributed by atoms with Crippen LogP contribution in [0.3, 0.4) is 0 Å². The number of carbonyl (C=O) groups excluding carboxylic acids is 1. The number of ketones is 1. The molecule has 1 aromatic heterocycles. The fraction of sp³-hybridized carbons (Fsp3) is 0.433. The number of quaternary nitrogens is 1. The molecule has 1 N–H and O–H groups in total. The molecule has 3 aromatic rings. The number of benzene rings is 2. The monoisotopic (exact) mass is 504 g/mol. The number of Topliss-reactive ketones (excluding diaryl/α,β-unsaturated/α-hetero) is 1.